The Labute approximate surface area is 136 Å². The molecule has 21 heavy (non-hydrogen) atoms. The largest absolute Gasteiger partial charge is 0.310 e. The van der Waals surface area contributed by atoms with Crippen molar-refractivity contribution >= 4 is 43.0 Å². The van der Waals surface area contributed by atoms with E-state index >= 15 is 0 Å². The number of benzene rings is 1. The van der Waals surface area contributed by atoms with E-state index in [9.17, 15) is 8.42 Å². The molecule has 0 spiro atoms. The Bertz CT molecular complexity index is 739. The Balaban J connectivity index is 1.72. The standard InChI is InChI=1S/C14H15BrN2O2S2/c15-13-6-7-14(20-13)21(18,19)17-12-3-1-2-10(8-12)9-16-11-4-5-11/h1-3,6-8,11,16-17H,4-5,9H2. The number of sulfonamides is 1. The molecule has 0 bridgehead atoms. The number of anilines is 1. The smallest absolute Gasteiger partial charge is 0.271 e. The molecule has 0 radical (unpaired) electrons. The lowest BCUT2D eigenvalue weighted by molar-refractivity contribution is 0.603. The van der Waals surface area contributed by atoms with Gasteiger partial charge in [0, 0.05) is 18.3 Å². The number of nitrogens with one attached hydrogen (secondary N) is 2. The third-order valence-electron chi connectivity index (χ3n) is 3.16. The normalized spacial score (nSPS) is 15.1. The van der Waals surface area contributed by atoms with Gasteiger partial charge >= 0.3 is 0 Å². The predicted molar refractivity (Wildman–Crippen MR) is 89.1 cm³/mol. The maximum Gasteiger partial charge on any atom is 0.271 e. The number of hydrogen-bond donors (Lipinski definition) is 2. The molecular weight excluding hydrogens is 372 g/mol. The summed E-state index contributed by atoms with van der Waals surface area (Å²) in [5.74, 6) is 0. The molecule has 0 unspecified atom stereocenters. The van der Waals surface area contributed by atoms with Gasteiger partial charge in [-0.05, 0) is 58.6 Å². The molecule has 1 aromatic heterocycles. The summed E-state index contributed by atoms with van der Waals surface area (Å²) in [7, 11) is -3.51. The molecule has 4 nitrogen and oxygen atoms in total. The molecule has 1 saturated carbocycles. The highest BCUT2D eigenvalue weighted by atomic mass is 79.9. The molecule has 1 aliphatic rings. The molecule has 1 aromatic carbocycles. The lowest BCUT2D eigenvalue weighted by atomic mass is 10.2. The average Bonchev–Trinajstić information content (AvgIpc) is 3.16. The second kappa shape index (κ2) is 6.08. The van der Waals surface area contributed by atoms with Crippen LogP contribution in [-0.4, -0.2) is 14.5 Å². The van der Waals surface area contributed by atoms with Crippen LogP contribution in [0.3, 0.4) is 0 Å². The van der Waals surface area contributed by atoms with Crippen LogP contribution in [0.5, 0.6) is 0 Å². The fraction of sp³-hybridized carbons (Fsp3) is 0.286. The SMILES string of the molecule is O=S(=O)(Nc1cccc(CNC2CC2)c1)c1ccc(Br)s1. The van der Waals surface area contributed by atoms with Crippen LogP contribution >= 0.6 is 27.3 Å². The topological polar surface area (TPSA) is 58.2 Å². The molecule has 1 aliphatic carbocycles. The molecule has 0 amide bonds. The van der Waals surface area contributed by atoms with E-state index in [0.29, 0.717) is 15.9 Å². The molecule has 0 atom stereocenters. The van der Waals surface area contributed by atoms with Crippen molar-refractivity contribution in [2.75, 3.05) is 4.72 Å². The van der Waals surface area contributed by atoms with Crippen LogP contribution in [-0.2, 0) is 16.6 Å². The summed E-state index contributed by atoms with van der Waals surface area (Å²) in [6.45, 7) is 0.769. The molecule has 112 valence electrons. The average molecular weight is 387 g/mol. The maximum atomic E-state index is 12.3. The molecule has 0 aliphatic heterocycles. The minimum Gasteiger partial charge on any atom is -0.310 e. The Kier molecular flexibility index (Phi) is 4.35. The fourth-order valence-corrected chi connectivity index (χ4v) is 5.00. The zero-order valence-corrected chi connectivity index (χ0v) is 14.4. The van der Waals surface area contributed by atoms with Gasteiger partial charge in [-0.15, -0.1) is 11.3 Å². The van der Waals surface area contributed by atoms with Crippen LogP contribution in [0.15, 0.2) is 44.4 Å². The zero-order valence-electron chi connectivity index (χ0n) is 11.2. The molecule has 3 rings (SSSR count). The van der Waals surface area contributed by atoms with Crippen LogP contribution in [0.4, 0.5) is 5.69 Å². The minimum absolute atomic E-state index is 0.302. The van der Waals surface area contributed by atoms with E-state index in [4.69, 9.17) is 0 Å². The summed E-state index contributed by atoms with van der Waals surface area (Å²) in [5, 5.41) is 3.42. The third-order valence-corrected chi connectivity index (χ3v) is 6.66. The lowest BCUT2D eigenvalue weighted by Gasteiger charge is -2.09. The van der Waals surface area contributed by atoms with Gasteiger partial charge in [0.2, 0.25) is 0 Å². The summed E-state index contributed by atoms with van der Waals surface area (Å²) < 4.78 is 28.3. The summed E-state index contributed by atoms with van der Waals surface area (Å²) in [5.41, 5.74) is 1.67. The van der Waals surface area contributed by atoms with Gasteiger partial charge in [0.05, 0.1) is 3.79 Å². The number of halogens is 1. The van der Waals surface area contributed by atoms with Crippen molar-refractivity contribution in [3.8, 4) is 0 Å². The molecule has 0 saturated heterocycles. The van der Waals surface area contributed by atoms with Gasteiger partial charge in [-0.25, -0.2) is 8.42 Å². The van der Waals surface area contributed by atoms with Gasteiger partial charge in [-0.1, -0.05) is 12.1 Å². The first-order valence-corrected chi connectivity index (χ1v) is 9.73. The number of rotatable bonds is 6. The van der Waals surface area contributed by atoms with Crippen molar-refractivity contribution in [2.24, 2.45) is 0 Å². The van der Waals surface area contributed by atoms with Crippen LogP contribution in [0.1, 0.15) is 18.4 Å². The monoisotopic (exact) mass is 386 g/mol. The Morgan fingerprint density at radius 1 is 1.24 bits per heavy atom. The highest BCUT2D eigenvalue weighted by molar-refractivity contribution is 9.11. The summed E-state index contributed by atoms with van der Waals surface area (Å²) in [6.07, 6.45) is 2.47. The highest BCUT2D eigenvalue weighted by Crippen LogP contribution is 2.27. The van der Waals surface area contributed by atoms with Gasteiger partial charge in [0.15, 0.2) is 0 Å². The molecule has 2 aromatic rings. The highest BCUT2D eigenvalue weighted by Gasteiger charge is 2.20. The van der Waals surface area contributed by atoms with E-state index in [2.05, 4.69) is 26.0 Å². The Hall–Kier alpha value is -0.890. The second-order valence-corrected chi connectivity index (χ2v) is 9.39. The maximum absolute atomic E-state index is 12.3. The van der Waals surface area contributed by atoms with Crippen molar-refractivity contribution in [3.63, 3.8) is 0 Å². The van der Waals surface area contributed by atoms with Gasteiger partial charge in [0.25, 0.3) is 10.0 Å². The van der Waals surface area contributed by atoms with Gasteiger partial charge < -0.3 is 5.32 Å². The van der Waals surface area contributed by atoms with Gasteiger partial charge in [0.1, 0.15) is 4.21 Å². The first-order chi connectivity index (χ1) is 10.0. The van der Waals surface area contributed by atoms with Crippen LogP contribution in [0, 0.1) is 0 Å². The van der Waals surface area contributed by atoms with E-state index in [1.54, 1.807) is 18.2 Å². The van der Waals surface area contributed by atoms with Crippen LogP contribution in [0.25, 0.3) is 0 Å². The Morgan fingerprint density at radius 3 is 2.71 bits per heavy atom. The quantitative estimate of drug-likeness (QED) is 0.797. The van der Waals surface area contributed by atoms with Gasteiger partial charge in [-0.2, -0.15) is 0 Å². The van der Waals surface area contributed by atoms with Gasteiger partial charge in [-0.3, -0.25) is 4.72 Å². The first-order valence-electron chi connectivity index (χ1n) is 6.63. The van der Waals surface area contributed by atoms with Crippen molar-refractivity contribution in [1.29, 1.82) is 0 Å². The lowest BCUT2D eigenvalue weighted by Crippen LogP contribution is -2.16. The van der Waals surface area contributed by atoms with Crippen LogP contribution < -0.4 is 10.0 Å². The van der Waals surface area contributed by atoms with E-state index in [0.717, 1.165) is 15.9 Å². The second-order valence-electron chi connectivity index (χ2n) is 5.02. The molecule has 7 heteroatoms. The molecule has 1 fully saturated rings. The number of thiophene rings is 1. The van der Waals surface area contributed by atoms with E-state index in [1.807, 2.05) is 18.2 Å². The van der Waals surface area contributed by atoms with Crippen molar-refractivity contribution < 1.29 is 8.42 Å². The van der Waals surface area contributed by atoms with Crippen molar-refractivity contribution in [3.05, 3.63) is 45.7 Å². The van der Waals surface area contributed by atoms with E-state index < -0.39 is 10.0 Å². The minimum atomic E-state index is -3.51. The zero-order chi connectivity index (χ0) is 14.9. The van der Waals surface area contributed by atoms with E-state index in [-0.39, 0.29) is 0 Å². The van der Waals surface area contributed by atoms with Crippen LogP contribution in [0.2, 0.25) is 0 Å². The summed E-state index contributed by atoms with van der Waals surface area (Å²) >= 11 is 4.47. The van der Waals surface area contributed by atoms with E-state index in [1.165, 1.54) is 24.2 Å². The summed E-state index contributed by atoms with van der Waals surface area (Å²) in [6, 6.07) is 11.5. The Morgan fingerprint density at radius 2 is 2.05 bits per heavy atom. The van der Waals surface area contributed by atoms with Crippen molar-refractivity contribution in [1.82, 2.24) is 5.32 Å². The fourth-order valence-electron chi connectivity index (χ4n) is 1.94. The molecule has 1 heterocycles. The third kappa shape index (κ3) is 4.06. The summed E-state index contributed by atoms with van der Waals surface area (Å²) in [4.78, 5) is 0. The molecule has 2 N–H and O–H groups in total. The number of hydrogen-bond acceptors (Lipinski definition) is 4. The van der Waals surface area contributed by atoms with Crippen molar-refractivity contribution in [2.45, 2.75) is 29.6 Å². The first kappa shape index (κ1) is 15.0. The predicted octanol–water partition coefficient (Wildman–Crippen LogP) is 3.56. The molecular formula is C14H15BrN2O2S2.